The molecule has 1 rings (SSSR count). The molecule has 0 saturated heterocycles. The molecule has 1 atom stereocenters. The third kappa shape index (κ3) is 3.31. The Morgan fingerprint density at radius 2 is 2.14 bits per heavy atom. The summed E-state index contributed by atoms with van der Waals surface area (Å²) in [6, 6.07) is 1.79. The van der Waals surface area contributed by atoms with Crippen molar-refractivity contribution in [3.05, 3.63) is 21.9 Å². The smallest absolute Gasteiger partial charge is 0.388 e. The SMILES string of the molecule is Cc1ccsc1C(O)CCC(F)(F)F. The van der Waals surface area contributed by atoms with Crippen molar-refractivity contribution in [2.24, 2.45) is 0 Å². The van der Waals surface area contributed by atoms with E-state index in [1.165, 1.54) is 11.3 Å². The van der Waals surface area contributed by atoms with E-state index in [2.05, 4.69) is 0 Å². The van der Waals surface area contributed by atoms with Crippen molar-refractivity contribution in [3.8, 4) is 0 Å². The van der Waals surface area contributed by atoms with Gasteiger partial charge >= 0.3 is 6.18 Å². The molecule has 1 aromatic heterocycles. The fraction of sp³-hybridized carbons (Fsp3) is 0.556. The number of hydrogen-bond acceptors (Lipinski definition) is 2. The zero-order valence-corrected chi connectivity index (χ0v) is 8.45. The molecule has 14 heavy (non-hydrogen) atoms. The molecule has 1 aromatic rings. The zero-order chi connectivity index (χ0) is 10.8. The van der Waals surface area contributed by atoms with Gasteiger partial charge in [-0.25, -0.2) is 0 Å². The molecule has 0 radical (unpaired) electrons. The summed E-state index contributed by atoms with van der Waals surface area (Å²) in [7, 11) is 0. The molecule has 0 spiro atoms. The van der Waals surface area contributed by atoms with Crippen molar-refractivity contribution in [1.29, 1.82) is 0 Å². The number of thiophene rings is 1. The molecule has 5 heteroatoms. The van der Waals surface area contributed by atoms with Crippen LogP contribution in [0.1, 0.15) is 29.4 Å². The fourth-order valence-electron chi connectivity index (χ4n) is 1.16. The van der Waals surface area contributed by atoms with Crippen LogP contribution < -0.4 is 0 Å². The van der Waals surface area contributed by atoms with Gasteiger partial charge in [0.25, 0.3) is 0 Å². The van der Waals surface area contributed by atoms with Gasteiger partial charge in [-0.3, -0.25) is 0 Å². The van der Waals surface area contributed by atoms with Crippen LogP contribution in [-0.2, 0) is 0 Å². The third-order valence-electron chi connectivity index (χ3n) is 1.91. The summed E-state index contributed by atoms with van der Waals surface area (Å²) in [6.07, 6.45) is -6.38. The number of aliphatic hydroxyl groups excluding tert-OH is 1. The second-order valence-corrected chi connectivity index (χ2v) is 4.09. The second kappa shape index (κ2) is 4.31. The van der Waals surface area contributed by atoms with Crippen LogP contribution in [0, 0.1) is 6.92 Å². The number of alkyl halides is 3. The van der Waals surface area contributed by atoms with Gasteiger partial charge in [-0.15, -0.1) is 11.3 Å². The minimum absolute atomic E-state index is 0.259. The first kappa shape index (κ1) is 11.5. The largest absolute Gasteiger partial charge is 0.389 e. The average Bonchev–Trinajstić information content (AvgIpc) is 2.46. The molecule has 1 unspecified atom stereocenters. The Kier molecular flexibility index (Phi) is 3.55. The Bertz CT molecular complexity index is 292. The molecular weight excluding hydrogens is 213 g/mol. The predicted octanol–water partition coefficient (Wildman–Crippen LogP) is 3.43. The molecule has 0 saturated carbocycles. The van der Waals surface area contributed by atoms with E-state index < -0.39 is 18.7 Å². The van der Waals surface area contributed by atoms with Crippen LogP contribution in [0.4, 0.5) is 13.2 Å². The van der Waals surface area contributed by atoms with Crippen LogP contribution in [0.25, 0.3) is 0 Å². The molecule has 0 aromatic carbocycles. The van der Waals surface area contributed by atoms with E-state index in [1.54, 1.807) is 18.4 Å². The lowest BCUT2D eigenvalue weighted by molar-refractivity contribution is -0.140. The Balaban J connectivity index is 2.51. The van der Waals surface area contributed by atoms with Crippen molar-refractivity contribution in [1.82, 2.24) is 0 Å². The van der Waals surface area contributed by atoms with Gasteiger partial charge in [0, 0.05) is 11.3 Å². The Morgan fingerprint density at radius 1 is 1.50 bits per heavy atom. The summed E-state index contributed by atoms with van der Waals surface area (Å²) >= 11 is 1.29. The summed E-state index contributed by atoms with van der Waals surface area (Å²) < 4.78 is 35.6. The Labute approximate surface area is 84.2 Å². The highest BCUT2D eigenvalue weighted by molar-refractivity contribution is 7.10. The monoisotopic (exact) mass is 224 g/mol. The molecule has 0 amide bonds. The summed E-state index contributed by atoms with van der Waals surface area (Å²) in [5.74, 6) is 0. The number of aryl methyl sites for hydroxylation is 1. The lowest BCUT2D eigenvalue weighted by Gasteiger charge is -2.11. The molecule has 0 fully saturated rings. The molecule has 1 N–H and O–H groups in total. The van der Waals surface area contributed by atoms with Gasteiger partial charge in [0.05, 0.1) is 6.10 Å². The van der Waals surface area contributed by atoms with Gasteiger partial charge in [0.1, 0.15) is 0 Å². The van der Waals surface area contributed by atoms with Gasteiger partial charge in [0.15, 0.2) is 0 Å². The van der Waals surface area contributed by atoms with Crippen LogP contribution in [-0.4, -0.2) is 11.3 Å². The summed E-state index contributed by atoms with van der Waals surface area (Å²) in [5.41, 5.74) is 0.852. The summed E-state index contributed by atoms with van der Waals surface area (Å²) in [5, 5.41) is 11.2. The maximum atomic E-state index is 11.9. The normalized spacial score (nSPS) is 14.4. The summed E-state index contributed by atoms with van der Waals surface area (Å²) in [4.78, 5) is 0.634. The van der Waals surface area contributed by atoms with Crippen LogP contribution in [0.15, 0.2) is 11.4 Å². The van der Waals surface area contributed by atoms with Crippen LogP contribution in [0.3, 0.4) is 0 Å². The maximum Gasteiger partial charge on any atom is 0.389 e. The molecule has 0 aliphatic carbocycles. The van der Waals surface area contributed by atoms with E-state index >= 15 is 0 Å². The van der Waals surface area contributed by atoms with E-state index in [0.717, 1.165) is 5.56 Å². The predicted molar refractivity (Wildman–Crippen MR) is 49.3 cm³/mol. The van der Waals surface area contributed by atoms with Crippen molar-refractivity contribution >= 4 is 11.3 Å². The lowest BCUT2D eigenvalue weighted by atomic mass is 10.1. The van der Waals surface area contributed by atoms with Gasteiger partial charge in [0.2, 0.25) is 0 Å². The van der Waals surface area contributed by atoms with Crippen LogP contribution >= 0.6 is 11.3 Å². The Morgan fingerprint density at radius 3 is 2.57 bits per heavy atom. The van der Waals surface area contributed by atoms with Crippen molar-refractivity contribution in [2.75, 3.05) is 0 Å². The van der Waals surface area contributed by atoms with E-state index in [9.17, 15) is 18.3 Å². The third-order valence-corrected chi connectivity index (χ3v) is 3.03. The lowest BCUT2D eigenvalue weighted by Crippen LogP contribution is -2.09. The fourth-order valence-corrected chi connectivity index (χ4v) is 2.10. The minimum Gasteiger partial charge on any atom is -0.388 e. The maximum absolute atomic E-state index is 11.9. The van der Waals surface area contributed by atoms with E-state index in [1.807, 2.05) is 0 Å². The topological polar surface area (TPSA) is 20.2 Å². The first-order valence-corrected chi connectivity index (χ1v) is 5.07. The highest BCUT2D eigenvalue weighted by Crippen LogP contribution is 2.31. The van der Waals surface area contributed by atoms with Crippen LogP contribution in [0.2, 0.25) is 0 Å². The van der Waals surface area contributed by atoms with E-state index in [0.29, 0.717) is 4.88 Å². The Hall–Kier alpha value is -0.550. The quantitative estimate of drug-likeness (QED) is 0.833. The van der Waals surface area contributed by atoms with Crippen molar-refractivity contribution in [3.63, 3.8) is 0 Å². The number of aliphatic hydroxyl groups is 1. The van der Waals surface area contributed by atoms with Gasteiger partial charge < -0.3 is 5.11 Å². The molecule has 0 aliphatic rings. The van der Waals surface area contributed by atoms with Crippen LogP contribution in [0.5, 0.6) is 0 Å². The van der Waals surface area contributed by atoms with E-state index in [-0.39, 0.29) is 6.42 Å². The summed E-state index contributed by atoms with van der Waals surface area (Å²) in [6.45, 7) is 1.78. The molecule has 1 nitrogen and oxygen atoms in total. The molecule has 0 aliphatic heterocycles. The second-order valence-electron chi connectivity index (χ2n) is 3.14. The molecule has 80 valence electrons. The first-order valence-electron chi connectivity index (χ1n) is 4.19. The average molecular weight is 224 g/mol. The number of rotatable bonds is 3. The van der Waals surface area contributed by atoms with Gasteiger partial charge in [-0.1, -0.05) is 0 Å². The minimum atomic E-state index is -4.19. The standard InChI is InChI=1S/C9H11F3OS/c1-6-3-5-14-8(6)7(13)2-4-9(10,11)12/h3,5,7,13H,2,4H2,1H3. The zero-order valence-electron chi connectivity index (χ0n) is 7.64. The highest BCUT2D eigenvalue weighted by atomic mass is 32.1. The molecule has 1 heterocycles. The molecule has 0 bridgehead atoms. The van der Waals surface area contributed by atoms with Crippen molar-refractivity contribution < 1.29 is 18.3 Å². The van der Waals surface area contributed by atoms with Crippen molar-refractivity contribution in [2.45, 2.75) is 32.0 Å². The highest BCUT2D eigenvalue weighted by Gasteiger charge is 2.28. The van der Waals surface area contributed by atoms with E-state index in [4.69, 9.17) is 0 Å². The first-order chi connectivity index (χ1) is 6.40. The number of halogens is 3. The van der Waals surface area contributed by atoms with Gasteiger partial charge in [-0.2, -0.15) is 13.2 Å². The number of hydrogen-bond donors (Lipinski definition) is 1. The van der Waals surface area contributed by atoms with Gasteiger partial charge in [-0.05, 0) is 30.4 Å². The molecular formula is C9H11F3OS.